The van der Waals surface area contributed by atoms with E-state index in [1.54, 1.807) is 30.2 Å². The number of hydrogen-bond acceptors (Lipinski definition) is 4. The smallest absolute Gasteiger partial charge is 0.243 e. The van der Waals surface area contributed by atoms with E-state index in [0.29, 0.717) is 28.8 Å². The van der Waals surface area contributed by atoms with E-state index in [2.05, 4.69) is 5.32 Å². The summed E-state index contributed by atoms with van der Waals surface area (Å²) < 4.78 is 5.21. The lowest BCUT2D eigenvalue weighted by molar-refractivity contribution is -0.139. The standard InChI is InChI=1S/C28H30Cl2N2O3S/c1-3-31-28(34)26(15-20-7-5-4-6-8-20)32(17-22-11-12-23(29)16-25(22)30)27(33)19-36-18-21-9-13-24(35-2)14-10-21/h4-14,16,26H,3,15,17-19H2,1-2H3,(H,31,34)/t26-/m0/s1. The van der Waals surface area contributed by atoms with Gasteiger partial charge in [0, 0.05) is 35.3 Å². The second-order valence-electron chi connectivity index (χ2n) is 8.20. The molecule has 0 spiro atoms. The number of halogens is 2. The average Bonchev–Trinajstić information content (AvgIpc) is 2.88. The summed E-state index contributed by atoms with van der Waals surface area (Å²) in [7, 11) is 1.63. The van der Waals surface area contributed by atoms with E-state index in [4.69, 9.17) is 27.9 Å². The van der Waals surface area contributed by atoms with Crippen LogP contribution in [-0.4, -0.2) is 42.2 Å². The number of rotatable bonds is 12. The van der Waals surface area contributed by atoms with Gasteiger partial charge in [-0.3, -0.25) is 9.59 Å². The molecule has 36 heavy (non-hydrogen) atoms. The fraction of sp³-hybridized carbons (Fsp3) is 0.286. The minimum atomic E-state index is -0.687. The summed E-state index contributed by atoms with van der Waals surface area (Å²) in [6.45, 7) is 2.54. The van der Waals surface area contributed by atoms with Crippen molar-refractivity contribution < 1.29 is 14.3 Å². The van der Waals surface area contributed by atoms with Crippen LogP contribution in [0.1, 0.15) is 23.6 Å². The number of amides is 2. The van der Waals surface area contributed by atoms with Crippen molar-refractivity contribution >= 4 is 46.8 Å². The fourth-order valence-corrected chi connectivity index (χ4v) is 5.08. The molecule has 3 rings (SSSR count). The van der Waals surface area contributed by atoms with E-state index < -0.39 is 6.04 Å². The van der Waals surface area contributed by atoms with Crippen molar-refractivity contribution in [3.8, 4) is 5.75 Å². The molecule has 0 saturated carbocycles. The summed E-state index contributed by atoms with van der Waals surface area (Å²) >= 11 is 14.0. The molecule has 1 atom stereocenters. The Kier molecular flexibility index (Phi) is 11.0. The molecule has 3 aromatic carbocycles. The number of hydrogen-bond donors (Lipinski definition) is 1. The molecule has 190 valence electrons. The van der Waals surface area contributed by atoms with Gasteiger partial charge in [-0.15, -0.1) is 11.8 Å². The first-order valence-electron chi connectivity index (χ1n) is 11.7. The normalized spacial score (nSPS) is 11.6. The first kappa shape index (κ1) is 27.9. The molecule has 0 aliphatic heterocycles. The van der Waals surface area contributed by atoms with Crippen molar-refractivity contribution in [3.05, 3.63) is 99.5 Å². The maximum absolute atomic E-state index is 13.6. The Labute approximate surface area is 227 Å². The van der Waals surface area contributed by atoms with E-state index in [1.807, 2.05) is 61.5 Å². The van der Waals surface area contributed by atoms with Gasteiger partial charge in [0.15, 0.2) is 0 Å². The number of benzene rings is 3. The molecule has 0 aliphatic rings. The van der Waals surface area contributed by atoms with Crippen LogP contribution in [0.4, 0.5) is 0 Å². The predicted octanol–water partition coefficient (Wildman–Crippen LogP) is 6.01. The number of nitrogens with one attached hydrogen (secondary N) is 1. The number of carbonyl (C=O) groups excluding carboxylic acids is 2. The van der Waals surface area contributed by atoms with Gasteiger partial charge in [-0.25, -0.2) is 0 Å². The number of ether oxygens (including phenoxy) is 1. The second-order valence-corrected chi connectivity index (χ2v) is 10.0. The molecule has 0 unspecified atom stereocenters. The minimum Gasteiger partial charge on any atom is -0.497 e. The van der Waals surface area contributed by atoms with Crippen molar-refractivity contribution in [2.75, 3.05) is 19.4 Å². The summed E-state index contributed by atoms with van der Waals surface area (Å²) in [6.07, 6.45) is 0.396. The van der Waals surface area contributed by atoms with E-state index in [1.165, 1.54) is 11.8 Å². The molecule has 3 aromatic rings. The average molecular weight is 546 g/mol. The van der Waals surface area contributed by atoms with Crippen LogP contribution in [0.15, 0.2) is 72.8 Å². The first-order valence-corrected chi connectivity index (χ1v) is 13.6. The number of thioether (sulfide) groups is 1. The van der Waals surface area contributed by atoms with Crippen molar-refractivity contribution in [1.82, 2.24) is 10.2 Å². The summed E-state index contributed by atoms with van der Waals surface area (Å²) in [5.74, 6) is 1.35. The zero-order valence-corrected chi connectivity index (χ0v) is 22.7. The van der Waals surface area contributed by atoms with Gasteiger partial charge < -0.3 is 15.0 Å². The van der Waals surface area contributed by atoms with Crippen molar-refractivity contribution in [1.29, 1.82) is 0 Å². The Balaban J connectivity index is 1.83. The molecule has 0 bridgehead atoms. The van der Waals surface area contributed by atoms with Gasteiger partial charge >= 0.3 is 0 Å². The monoisotopic (exact) mass is 544 g/mol. The molecular weight excluding hydrogens is 515 g/mol. The lowest BCUT2D eigenvalue weighted by Gasteiger charge is -2.31. The number of nitrogens with zero attached hydrogens (tertiary/aromatic N) is 1. The van der Waals surface area contributed by atoms with Crippen LogP contribution < -0.4 is 10.1 Å². The van der Waals surface area contributed by atoms with Crippen LogP contribution in [0.3, 0.4) is 0 Å². The molecule has 8 heteroatoms. The highest BCUT2D eigenvalue weighted by Crippen LogP contribution is 2.25. The van der Waals surface area contributed by atoms with Gasteiger partial charge in [-0.1, -0.05) is 71.7 Å². The molecule has 0 aromatic heterocycles. The van der Waals surface area contributed by atoms with Gasteiger partial charge in [0.2, 0.25) is 11.8 Å². The number of carbonyl (C=O) groups is 2. The van der Waals surface area contributed by atoms with Gasteiger partial charge in [0.05, 0.1) is 12.9 Å². The Hall–Kier alpha value is -2.67. The number of likely N-dealkylation sites (N-methyl/N-ethyl adjacent to an activating group) is 1. The van der Waals surface area contributed by atoms with Gasteiger partial charge in [0.25, 0.3) is 0 Å². The van der Waals surface area contributed by atoms with E-state index in [9.17, 15) is 9.59 Å². The fourth-order valence-electron chi connectivity index (χ4n) is 3.74. The number of methoxy groups -OCH3 is 1. The molecule has 0 heterocycles. The van der Waals surface area contributed by atoms with E-state index in [0.717, 1.165) is 22.4 Å². The molecule has 0 aliphatic carbocycles. The van der Waals surface area contributed by atoms with Gasteiger partial charge in [-0.2, -0.15) is 0 Å². The van der Waals surface area contributed by atoms with Crippen LogP contribution in [0.25, 0.3) is 0 Å². The van der Waals surface area contributed by atoms with Crippen molar-refractivity contribution in [2.24, 2.45) is 0 Å². The third-order valence-corrected chi connectivity index (χ3v) is 7.21. The lowest BCUT2D eigenvalue weighted by atomic mass is 10.0. The predicted molar refractivity (Wildman–Crippen MR) is 149 cm³/mol. The summed E-state index contributed by atoms with van der Waals surface area (Å²) in [5, 5.41) is 3.87. The largest absolute Gasteiger partial charge is 0.497 e. The Morgan fingerprint density at radius 3 is 2.36 bits per heavy atom. The van der Waals surface area contributed by atoms with Crippen LogP contribution in [0, 0.1) is 0 Å². The van der Waals surface area contributed by atoms with Crippen LogP contribution in [-0.2, 0) is 28.3 Å². The highest BCUT2D eigenvalue weighted by Gasteiger charge is 2.30. The zero-order chi connectivity index (χ0) is 25.9. The summed E-state index contributed by atoms with van der Waals surface area (Å²) in [5.41, 5.74) is 2.79. The maximum Gasteiger partial charge on any atom is 0.243 e. The topological polar surface area (TPSA) is 58.6 Å². The Morgan fingerprint density at radius 1 is 1.00 bits per heavy atom. The van der Waals surface area contributed by atoms with E-state index >= 15 is 0 Å². The van der Waals surface area contributed by atoms with Crippen LogP contribution in [0.2, 0.25) is 10.0 Å². The second kappa shape index (κ2) is 14.2. The third-order valence-electron chi connectivity index (χ3n) is 5.63. The SMILES string of the molecule is CCNC(=O)[C@H](Cc1ccccc1)N(Cc1ccc(Cl)cc1Cl)C(=O)CSCc1ccc(OC)cc1. The first-order chi connectivity index (χ1) is 17.4. The molecule has 2 amide bonds. The quantitative estimate of drug-likeness (QED) is 0.303. The Morgan fingerprint density at radius 2 is 1.72 bits per heavy atom. The summed E-state index contributed by atoms with van der Waals surface area (Å²) in [4.78, 5) is 28.4. The van der Waals surface area contributed by atoms with Crippen LogP contribution >= 0.6 is 35.0 Å². The van der Waals surface area contributed by atoms with E-state index in [-0.39, 0.29) is 24.1 Å². The lowest BCUT2D eigenvalue weighted by Crippen LogP contribution is -2.51. The van der Waals surface area contributed by atoms with Crippen molar-refractivity contribution in [3.63, 3.8) is 0 Å². The highest BCUT2D eigenvalue weighted by molar-refractivity contribution is 7.99. The summed E-state index contributed by atoms with van der Waals surface area (Å²) in [6, 6.07) is 22.0. The van der Waals surface area contributed by atoms with Crippen molar-refractivity contribution in [2.45, 2.75) is 31.7 Å². The molecule has 0 radical (unpaired) electrons. The molecular formula is C28H30Cl2N2O3S. The van der Waals surface area contributed by atoms with Gasteiger partial charge in [0.1, 0.15) is 11.8 Å². The Bertz CT molecular complexity index is 1140. The molecule has 1 N–H and O–H groups in total. The molecule has 0 fully saturated rings. The molecule has 0 saturated heterocycles. The third kappa shape index (κ3) is 8.19. The minimum absolute atomic E-state index is 0.133. The van der Waals surface area contributed by atoms with Crippen LogP contribution in [0.5, 0.6) is 5.75 Å². The van der Waals surface area contributed by atoms with Gasteiger partial charge in [-0.05, 0) is 47.9 Å². The maximum atomic E-state index is 13.6. The highest BCUT2D eigenvalue weighted by atomic mass is 35.5. The zero-order valence-electron chi connectivity index (χ0n) is 20.4. The molecule has 5 nitrogen and oxygen atoms in total.